The number of halogens is 2. The van der Waals surface area contributed by atoms with Gasteiger partial charge in [-0.1, -0.05) is 0 Å². The Kier molecular flexibility index (Phi) is 5.73. The Bertz CT molecular complexity index is 1060. The third kappa shape index (κ3) is 3.93. The molecule has 2 heterocycles. The number of rotatable bonds is 6. The summed E-state index contributed by atoms with van der Waals surface area (Å²) in [5.74, 6) is -0.834. The SMILES string of the molecule is COC(=O)c1c(N[S+]([O-])c2ccc(F)cc2CC2CCNC2)cc(F)c2c1OCC1CC21. The van der Waals surface area contributed by atoms with Crippen molar-refractivity contribution in [1.29, 1.82) is 0 Å². The maximum atomic E-state index is 15.0. The highest BCUT2D eigenvalue weighted by Crippen LogP contribution is 2.56. The fourth-order valence-corrected chi connectivity index (χ4v) is 5.78. The smallest absolute Gasteiger partial charge is 0.343 e. The average molecular weight is 463 g/mol. The van der Waals surface area contributed by atoms with Crippen LogP contribution >= 0.6 is 0 Å². The molecule has 170 valence electrons. The monoisotopic (exact) mass is 462 g/mol. The third-order valence-corrected chi connectivity index (χ3v) is 7.69. The summed E-state index contributed by atoms with van der Waals surface area (Å²) in [7, 11) is 1.23. The van der Waals surface area contributed by atoms with Crippen LogP contribution in [-0.2, 0) is 22.5 Å². The predicted octanol–water partition coefficient (Wildman–Crippen LogP) is 3.53. The zero-order valence-corrected chi connectivity index (χ0v) is 18.4. The molecule has 3 aliphatic rings. The van der Waals surface area contributed by atoms with E-state index in [1.165, 1.54) is 31.4 Å². The fourth-order valence-electron chi connectivity index (χ4n) is 4.74. The first kappa shape index (κ1) is 21.5. The number of carbonyl (C=O) groups is 1. The molecule has 0 aromatic heterocycles. The van der Waals surface area contributed by atoms with Crippen LogP contribution in [0.5, 0.6) is 5.75 Å². The van der Waals surface area contributed by atoms with Gasteiger partial charge in [-0.2, -0.15) is 0 Å². The van der Waals surface area contributed by atoms with Crippen LogP contribution in [-0.4, -0.2) is 37.3 Å². The van der Waals surface area contributed by atoms with Crippen LogP contribution in [0.4, 0.5) is 14.5 Å². The summed E-state index contributed by atoms with van der Waals surface area (Å²) >= 11 is -1.86. The standard InChI is InChI=1S/C23H24F2N2O4S/c1-30-23(28)21-18(9-17(25)20-16-8-14(16)11-31-22(20)21)27-32(29)19-3-2-15(24)7-13(19)6-12-4-5-26-10-12/h2-3,7,9,12,14,16,26-27H,4-6,8,10-11H2,1H3. The molecule has 2 aromatic carbocycles. The van der Waals surface area contributed by atoms with Gasteiger partial charge in [-0.3, -0.25) is 0 Å². The van der Waals surface area contributed by atoms with Gasteiger partial charge in [0.05, 0.1) is 13.7 Å². The van der Waals surface area contributed by atoms with E-state index in [0.717, 1.165) is 25.9 Å². The largest absolute Gasteiger partial charge is 0.588 e. The molecular weight excluding hydrogens is 438 g/mol. The summed E-state index contributed by atoms with van der Waals surface area (Å²) in [6.45, 7) is 2.12. The molecule has 32 heavy (non-hydrogen) atoms. The Labute approximate surface area is 188 Å². The van der Waals surface area contributed by atoms with E-state index in [9.17, 15) is 18.1 Å². The molecule has 1 saturated heterocycles. The van der Waals surface area contributed by atoms with Gasteiger partial charge in [0.25, 0.3) is 0 Å². The summed E-state index contributed by atoms with van der Waals surface area (Å²) in [5.41, 5.74) is 1.07. The summed E-state index contributed by atoms with van der Waals surface area (Å²) in [6, 6.07) is 5.28. The number of hydrogen-bond donors (Lipinski definition) is 2. The summed E-state index contributed by atoms with van der Waals surface area (Å²) in [5, 5.41) is 3.27. The van der Waals surface area contributed by atoms with Gasteiger partial charge in [0, 0.05) is 23.1 Å². The van der Waals surface area contributed by atoms with Gasteiger partial charge in [-0.05, 0) is 62.4 Å². The van der Waals surface area contributed by atoms with Crippen LogP contribution in [0.25, 0.3) is 0 Å². The van der Waals surface area contributed by atoms with Crippen molar-refractivity contribution in [3.8, 4) is 5.75 Å². The second-order valence-electron chi connectivity index (χ2n) is 8.61. The molecule has 2 aliphatic heterocycles. The Balaban J connectivity index is 1.49. The number of esters is 1. The van der Waals surface area contributed by atoms with Crippen LogP contribution < -0.4 is 14.8 Å². The summed E-state index contributed by atoms with van der Waals surface area (Å²) in [6.07, 6.45) is 2.35. The molecule has 0 amide bonds. The van der Waals surface area contributed by atoms with E-state index in [2.05, 4.69) is 10.0 Å². The Morgan fingerprint density at radius 2 is 2.22 bits per heavy atom. The van der Waals surface area contributed by atoms with Gasteiger partial charge in [0.1, 0.15) is 40.0 Å². The molecule has 0 bridgehead atoms. The van der Waals surface area contributed by atoms with E-state index in [1.54, 1.807) is 0 Å². The molecule has 0 spiro atoms. The minimum absolute atomic E-state index is 0.0309. The van der Waals surface area contributed by atoms with Gasteiger partial charge in [0.15, 0.2) is 4.90 Å². The van der Waals surface area contributed by atoms with Crippen molar-refractivity contribution in [2.45, 2.75) is 30.1 Å². The lowest BCUT2D eigenvalue weighted by Crippen LogP contribution is -2.22. The topological polar surface area (TPSA) is 82.7 Å². The molecule has 0 radical (unpaired) electrons. The molecule has 4 unspecified atom stereocenters. The molecule has 2 aromatic rings. The number of anilines is 1. The lowest BCUT2D eigenvalue weighted by atomic mass is 9.98. The molecule has 9 heteroatoms. The van der Waals surface area contributed by atoms with Gasteiger partial charge >= 0.3 is 5.97 Å². The maximum absolute atomic E-state index is 15.0. The first-order valence-electron chi connectivity index (χ1n) is 10.7. The van der Waals surface area contributed by atoms with Gasteiger partial charge in [-0.25, -0.2) is 18.3 Å². The van der Waals surface area contributed by atoms with E-state index in [-0.39, 0.29) is 28.8 Å². The molecule has 1 aliphatic carbocycles. The lowest BCUT2D eigenvalue weighted by molar-refractivity contribution is 0.0596. The first-order valence-corrected chi connectivity index (χ1v) is 11.9. The highest BCUT2D eigenvalue weighted by atomic mass is 32.2. The number of hydrogen-bond acceptors (Lipinski definition) is 6. The fraction of sp³-hybridized carbons (Fsp3) is 0.435. The zero-order valence-electron chi connectivity index (χ0n) is 17.6. The van der Waals surface area contributed by atoms with Gasteiger partial charge in [0.2, 0.25) is 0 Å². The van der Waals surface area contributed by atoms with Gasteiger partial charge in [-0.15, -0.1) is 0 Å². The van der Waals surface area contributed by atoms with Crippen LogP contribution in [0.1, 0.15) is 40.2 Å². The highest BCUT2D eigenvalue weighted by molar-refractivity contribution is 7.92. The number of nitrogens with one attached hydrogen (secondary N) is 2. The number of carbonyl (C=O) groups excluding carboxylic acids is 1. The molecule has 1 saturated carbocycles. The highest BCUT2D eigenvalue weighted by Gasteiger charge is 2.47. The lowest BCUT2D eigenvalue weighted by Gasteiger charge is -2.23. The van der Waals surface area contributed by atoms with Crippen molar-refractivity contribution in [1.82, 2.24) is 5.32 Å². The maximum Gasteiger partial charge on any atom is 0.343 e. The predicted molar refractivity (Wildman–Crippen MR) is 115 cm³/mol. The third-order valence-electron chi connectivity index (χ3n) is 6.49. The van der Waals surface area contributed by atoms with Crippen LogP contribution in [0, 0.1) is 23.5 Å². The van der Waals surface area contributed by atoms with Gasteiger partial charge < -0.3 is 19.3 Å². The Hall–Kier alpha value is -2.36. The van der Waals surface area contributed by atoms with E-state index < -0.39 is 29.0 Å². The molecule has 6 nitrogen and oxygen atoms in total. The number of methoxy groups -OCH3 is 1. The van der Waals surface area contributed by atoms with Crippen molar-refractivity contribution in [3.63, 3.8) is 0 Å². The van der Waals surface area contributed by atoms with E-state index in [4.69, 9.17) is 9.47 Å². The summed E-state index contributed by atoms with van der Waals surface area (Å²) in [4.78, 5) is 13.0. The van der Waals surface area contributed by atoms with Crippen molar-refractivity contribution < 1.29 is 27.6 Å². The second kappa shape index (κ2) is 8.53. The van der Waals surface area contributed by atoms with E-state index in [1.807, 2.05) is 0 Å². The number of benzene rings is 2. The minimum atomic E-state index is -1.86. The molecule has 4 atom stereocenters. The second-order valence-corrected chi connectivity index (χ2v) is 9.80. The molecular formula is C23H24F2N2O4S. The van der Waals surface area contributed by atoms with E-state index in [0.29, 0.717) is 35.0 Å². The molecule has 5 rings (SSSR count). The Morgan fingerprint density at radius 1 is 1.38 bits per heavy atom. The van der Waals surface area contributed by atoms with E-state index >= 15 is 0 Å². The summed E-state index contributed by atoms with van der Waals surface area (Å²) < 4.78 is 55.6. The average Bonchev–Trinajstić information content (AvgIpc) is 3.39. The first-order chi connectivity index (χ1) is 15.5. The Morgan fingerprint density at radius 3 is 2.97 bits per heavy atom. The normalized spacial score (nSPS) is 24.2. The molecule has 2 fully saturated rings. The zero-order chi connectivity index (χ0) is 22.4. The number of fused-ring (bicyclic) bond motifs is 3. The van der Waals surface area contributed by atoms with Crippen molar-refractivity contribution in [2.24, 2.45) is 11.8 Å². The minimum Gasteiger partial charge on any atom is -0.588 e. The van der Waals surface area contributed by atoms with Crippen LogP contribution in [0.3, 0.4) is 0 Å². The van der Waals surface area contributed by atoms with Crippen molar-refractivity contribution in [2.75, 3.05) is 31.5 Å². The number of ether oxygens (including phenoxy) is 2. The van der Waals surface area contributed by atoms with Crippen LogP contribution in [0.15, 0.2) is 29.2 Å². The van der Waals surface area contributed by atoms with Crippen LogP contribution in [0.2, 0.25) is 0 Å². The van der Waals surface area contributed by atoms with Crippen molar-refractivity contribution >= 4 is 23.0 Å². The quantitative estimate of drug-likeness (QED) is 0.505. The van der Waals surface area contributed by atoms with Crippen molar-refractivity contribution in [3.05, 3.63) is 52.6 Å². The molecule has 2 N–H and O–H groups in total.